The summed E-state index contributed by atoms with van der Waals surface area (Å²) in [5.41, 5.74) is 3.45. The highest BCUT2D eigenvalue weighted by atomic mass is 35.5. The van der Waals surface area contributed by atoms with E-state index >= 15 is 0 Å². The lowest BCUT2D eigenvalue weighted by atomic mass is 10.0. The van der Waals surface area contributed by atoms with E-state index in [4.69, 9.17) is 11.6 Å². The smallest absolute Gasteiger partial charge is 0.321 e. The van der Waals surface area contributed by atoms with Crippen LogP contribution in [0.2, 0.25) is 5.02 Å². The number of hydrogen-bond acceptors (Lipinski definition) is 3. The second-order valence-corrected chi connectivity index (χ2v) is 6.82. The van der Waals surface area contributed by atoms with Crippen LogP contribution in [0.15, 0.2) is 83.9 Å². The largest absolute Gasteiger partial charge is 0.322 e. The Morgan fingerprint density at radius 3 is 2.38 bits per heavy atom. The van der Waals surface area contributed by atoms with Gasteiger partial charge in [-0.2, -0.15) is 0 Å². The summed E-state index contributed by atoms with van der Waals surface area (Å²) < 4.78 is 0. The number of aliphatic imine (C=N–C) groups is 1. The highest BCUT2D eigenvalue weighted by Crippen LogP contribution is 2.23. The van der Waals surface area contributed by atoms with Gasteiger partial charge in [-0.25, -0.2) is 9.79 Å². The Balaban J connectivity index is 1.63. The van der Waals surface area contributed by atoms with Crippen LogP contribution in [0.25, 0.3) is 0 Å². The zero-order chi connectivity index (χ0) is 20.2. The Labute approximate surface area is 172 Å². The summed E-state index contributed by atoms with van der Waals surface area (Å²) in [4.78, 5) is 29.7. The monoisotopic (exact) mass is 404 g/mol. The minimum Gasteiger partial charge on any atom is -0.322 e. The molecular weight excluding hydrogens is 388 g/mol. The maximum absolute atomic E-state index is 12.7. The summed E-state index contributed by atoms with van der Waals surface area (Å²) in [7, 11) is 0. The average Bonchev–Trinajstić information content (AvgIpc) is 2.87. The third-order valence-corrected chi connectivity index (χ3v) is 4.62. The number of amides is 3. The first kappa shape index (κ1) is 18.7. The summed E-state index contributed by atoms with van der Waals surface area (Å²) in [5, 5.41) is 8.70. The molecule has 1 heterocycles. The Morgan fingerprint density at radius 1 is 0.931 bits per heavy atom. The molecule has 0 saturated heterocycles. The van der Waals surface area contributed by atoms with Crippen LogP contribution < -0.4 is 16.0 Å². The molecule has 1 atom stereocenters. The number of urea groups is 1. The Kier molecular flexibility index (Phi) is 5.27. The topological polar surface area (TPSA) is 82.6 Å². The van der Waals surface area contributed by atoms with Crippen molar-refractivity contribution in [3.63, 3.8) is 0 Å². The lowest BCUT2D eigenvalue weighted by molar-refractivity contribution is -0.117. The predicted octanol–water partition coefficient (Wildman–Crippen LogP) is 4.28. The minimum atomic E-state index is -1.09. The van der Waals surface area contributed by atoms with E-state index in [9.17, 15) is 9.59 Å². The molecule has 3 amide bonds. The molecule has 1 aliphatic rings. The van der Waals surface area contributed by atoms with E-state index in [-0.39, 0.29) is 0 Å². The summed E-state index contributed by atoms with van der Waals surface area (Å²) in [6, 6.07) is 23.1. The highest BCUT2D eigenvalue weighted by molar-refractivity contribution is 6.30. The van der Waals surface area contributed by atoms with Crippen LogP contribution in [0.5, 0.6) is 0 Å². The number of hydrogen-bond donors (Lipinski definition) is 3. The molecule has 0 aromatic heterocycles. The predicted molar refractivity (Wildman–Crippen MR) is 115 cm³/mol. The molecule has 144 valence electrons. The van der Waals surface area contributed by atoms with Gasteiger partial charge >= 0.3 is 6.03 Å². The molecule has 7 heteroatoms. The number of carbonyl (C=O) groups is 2. The first-order chi connectivity index (χ1) is 14.1. The van der Waals surface area contributed by atoms with Gasteiger partial charge in [-0.1, -0.05) is 60.1 Å². The number of nitrogens with one attached hydrogen (secondary N) is 3. The minimum absolute atomic E-state index is 0.422. The number of nitrogens with zero attached hydrogens (tertiary/aromatic N) is 1. The van der Waals surface area contributed by atoms with Crippen LogP contribution >= 0.6 is 11.6 Å². The third kappa shape index (κ3) is 4.28. The zero-order valence-electron chi connectivity index (χ0n) is 15.2. The maximum atomic E-state index is 12.7. The molecule has 3 aromatic carbocycles. The molecule has 6 nitrogen and oxygen atoms in total. The van der Waals surface area contributed by atoms with Crippen LogP contribution in [0.3, 0.4) is 0 Å². The van der Waals surface area contributed by atoms with Crippen LogP contribution in [0.4, 0.5) is 16.2 Å². The van der Waals surface area contributed by atoms with E-state index in [1.54, 1.807) is 24.3 Å². The van der Waals surface area contributed by atoms with Crippen LogP contribution in [0, 0.1) is 0 Å². The fourth-order valence-corrected chi connectivity index (χ4v) is 3.13. The van der Waals surface area contributed by atoms with Crippen molar-refractivity contribution >= 4 is 40.6 Å². The SMILES string of the molecule is O=C(Nc1ccc(Cl)cc1)NC1N=C(c2ccccc2)c2ccccc2NC1=O. The number of rotatable bonds is 3. The first-order valence-electron chi connectivity index (χ1n) is 8.97. The molecule has 4 rings (SSSR count). The van der Waals surface area contributed by atoms with E-state index < -0.39 is 18.1 Å². The number of benzene rings is 3. The highest BCUT2D eigenvalue weighted by Gasteiger charge is 2.26. The fraction of sp³-hybridized carbons (Fsp3) is 0.0455. The molecule has 0 fully saturated rings. The molecule has 0 aliphatic carbocycles. The number of para-hydroxylation sites is 1. The second-order valence-electron chi connectivity index (χ2n) is 6.39. The van der Waals surface area contributed by atoms with Gasteiger partial charge in [0.2, 0.25) is 6.17 Å². The molecule has 0 radical (unpaired) electrons. The van der Waals surface area contributed by atoms with E-state index in [2.05, 4.69) is 20.9 Å². The van der Waals surface area contributed by atoms with Gasteiger partial charge in [0.15, 0.2) is 0 Å². The number of fused-ring (bicyclic) bond motifs is 1. The third-order valence-electron chi connectivity index (χ3n) is 4.36. The van der Waals surface area contributed by atoms with Gasteiger partial charge in [-0.15, -0.1) is 0 Å². The van der Waals surface area contributed by atoms with Gasteiger partial charge in [-0.3, -0.25) is 4.79 Å². The van der Waals surface area contributed by atoms with Gasteiger partial charge in [0.25, 0.3) is 5.91 Å². The molecule has 0 bridgehead atoms. The normalized spacial score (nSPS) is 15.4. The van der Waals surface area contributed by atoms with Gasteiger partial charge in [0, 0.05) is 21.8 Å². The zero-order valence-corrected chi connectivity index (χ0v) is 16.0. The molecule has 0 spiro atoms. The summed E-state index contributed by atoms with van der Waals surface area (Å²) >= 11 is 5.86. The van der Waals surface area contributed by atoms with Crippen LogP contribution in [-0.2, 0) is 4.79 Å². The quantitative estimate of drug-likeness (QED) is 0.609. The first-order valence-corrected chi connectivity index (χ1v) is 9.34. The van der Waals surface area contributed by atoms with Gasteiger partial charge in [0.1, 0.15) is 0 Å². The Hall–Kier alpha value is -3.64. The standard InChI is InChI=1S/C22H17ClN4O2/c23-15-10-12-16(13-11-15)24-22(29)27-20-21(28)25-18-9-5-4-8-17(18)19(26-20)14-6-2-1-3-7-14/h1-13,20H,(H,25,28)(H2,24,27,29). The summed E-state index contributed by atoms with van der Waals surface area (Å²) in [6.45, 7) is 0. The molecular formula is C22H17ClN4O2. The number of halogens is 1. The van der Waals surface area contributed by atoms with Gasteiger partial charge in [0.05, 0.1) is 11.4 Å². The lowest BCUT2D eigenvalue weighted by Gasteiger charge is -2.14. The Morgan fingerprint density at radius 2 is 1.62 bits per heavy atom. The lowest BCUT2D eigenvalue weighted by Crippen LogP contribution is -2.44. The van der Waals surface area contributed by atoms with E-state index in [1.807, 2.05) is 54.6 Å². The van der Waals surface area contributed by atoms with Crippen molar-refractivity contribution in [2.75, 3.05) is 10.6 Å². The van der Waals surface area contributed by atoms with E-state index in [0.29, 0.717) is 22.1 Å². The molecule has 3 N–H and O–H groups in total. The number of carbonyl (C=O) groups excluding carboxylic acids is 2. The maximum Gasteiger partial charge on any atom is 0.321 e. The molecule has 29 heavy (non-hydrogen) atoms. The number of benzodiazepines with no additional fused rings is 1. The average molecular weight is 405 g/mol. The second kappa shape index (κ2) is 8.16. The summed E-state index contributed by atoms with van der Waals surface area (Å²) in [5.74, 6) is -0.422. The molecule has 3 aromatic rings. The van der Waals surface area contributed by atoms with Crippen LogP contribution in [0.1, 0.15) is 11.1 Å². The van der Waals surface area contributed by atoms with E-state index in [1.165, 1.54) is 0 Å². The fourth-order valence-electron chi connectivity index (χ4n) is 3.01. The van der Waals surface area contributed by atoms with Crippen molar-refractivity contribution in [3.8, 4) is 0 Å². The van der Waals surface area contributed by atoms with Crippen molar-refractivity contribution in [1.82, 2.24) is 5.32 Å². The van der Waals surface area contributed by atoms with Crippen LogP contribution in [-0.4, -0.2) is 23.8 Å². The van der Waals surface area contributed by atoms with Gasteiger partial charge < -0.3 is 16.0 Å². The molecule has 1 unspecified atom stereocenters. The van der Waals surface area contributed by atoms with Gasteiger partial charge in [-0.05, 0) is 30.3 Å². The van der Waals surface area contributed by atoms with Crippen molar-refractivity contribution in [2.24, 2.45) is 4.99 Å². The summed E-state index contributed by atoms with van der Waals surface area (Å²) in [6.07, 6.45) is -1.09. The van der Waals surface area contributed by atoms with Crippen molar-refractivity contribution in [2.45, 2.75) is 6.17 Å². The Bertz CT molecular complexity index is 1080. The van der Waals surface area contributed by atoms with Crippen molar-refractivity contribution < 1.29 is 9.59 Å². The molecule has 0 saturated carbocycles. The van der Waals surface area contributed by atoms with E-state index in [0.717, 1.165) is 11.1 Å². The molecule has 1 aliphatic heterocycles. The number of anilines is 2. The van der Waals surface area contributed by atoms with Crippen molar-refractivity contribution in [3.05, 3.63) is 95.0 Å². The van der Waals surface area contributed by atoms with Crippen molar-refractivity contribution in [1.29, 1.82) is 0 Å².